The van der Waals surface area contributed by atoms with E-state index in [1.165, 1.54) is 28.0 Å². The zero-order chi connectivity index (χ0) is 21.2. The van der Waals surface area contributed by atoms with Crippen LogP contribution < -0.4 is 10.9 Å². The molecule has 0 aliphatic rings. The first-order valence-corrected chi connectivity index (χ1v) is 10.2. The van der Waals surface area contributed by atoms with E-state index in [1.807, 2.05) is 0 Å². The van der Waals surface area contributed by atoms with Gasteiger partial charge in [-0.3, -0.25) is 14.2 Å². The molecule has 0 radical (unpaired) electrons. The average Bonchev–Trinajstić information content (AvgIpc) is 3.13. The molecule has 0 aliphatic carbocycles. The number of nitrogens with one attached hydrogen (secondary N) is 1. The van der Waals surface area contributed by atoms with Gasteiger partial charge < -0.3 is 5.32 Å². The van der Waals surface area contributed by atoms with Crippen molar-refractivity contribution in [3.63, 3.8) is 0 Å². The number of allylic oxidation sites excluding steroid dienone is 1. The van der Waals surface area contributed by atoms with E-state index >= 15 is 0 Å². The molecule has 3 aromatic rings. The van der Waals surface area contributed by atoms with E-state index < -0.39 is 22.9 Å². The second kappa shape index (κ2) is 8.42. The van der Waals surface area contributed by atoms with Gasteiger partial charge in [0.15, 0.2) is 5.16 Å². The van der Waals surface area contributed by atoms with Crippen LogP contribution in [0.1, 0.15) is 12.5 Å². The summed E-state index contributed by atoms with van der Waals surface area (Å²) in [5.74, 6) is -0.416. The van der Waals surface area contributed by atoms with Crippen LogP contribution in [0.2, 0.25) is 0 Å². The van der Waals surface area contributed by atoms with Crippen LogP contribution in [0.3, 0.4) is 0 Å². The molecule has 0 aliphatic heterocycles. The van der Waals surface area contributed by atoms with E-state index in [9.17, 15) is 22.8 Å². The highest BCUT2D eigenvalue weighted by Crippen LogP contribution is 2.30. The Balaban J connectivity index is 1.78. The first kappa shape index (κ1) is 21.1. The predicted octanol–water partition coefficient (Wildman–Crippen LogP) is 4.78. The minimum Gasteiger partial charge on any atom is -0.325 e. The topological polar surface area (TPSA) is 64.0 Å². The standard InChI is InChI=1S/C19H16F3N3O2S2/c1-3-9-25-17(27)14-8-10-28-16(14)24-18(25)29-11(2)15(26)23-13-6-4-12(5-7-13)19(20,21)22/h3-8,10-11H,1,9H2,2H3,(H,23,26). The smallest absolute Gasteiger partial charge is 0.325 e. The van der Waals surface area contributed by atoms with Crippen molar-refractivity contribution in [1.82, 2.24) is 9.55 Å². The molecule has 0 saturated carbocycles. The number of thiophene rings is 1. The number of nitrogens with zero attached hydrogens (tertiary/aromatic N) is 2. The number of aromatic nitrogens is 2. The Hall–Kier alpha value is -2.59. The fourth-order valence-corrected chi connectivity index (χ4v) is 4.23. The first-order chi connectivity index (χ1) is 13.7. The Morgan fingerprint density at radius 3 is 2.66 bits per heavy atom. The fourth-order valence-electron chi connectivity index (χ4n) is 2.51. The second-order valence-electron chi connectivity index (χ2n) is 6.06. The number of hydrogen-bond acceptors (Lipinski definition) is 5. The van der Waals surface area contributed by atoms with Gasteiger partial charge in [0, 0.05) is 12.2 Å². The molecule has 0 spiro atoms. The van der Waals surface area contributed by atoms with Gasteiger partial charge in [0.05, 0.1) is 16.2 Å². The number of alkyl halides is 3. The van der Waals surface area contributed by atoms with Crippen molar-refractivity contribution in [1.29, 1.82) is 0 Å². The van der Waals surface area contributed by atoms with Gasteiger partial charge in [-0.1, -0.05) is 17.8 Å². The van der Waals surface area contributed by atoms with Crippen molar-refractivity contribution in [2.45, 2.75) is 30.1 Å². The van der Waals surface area contributed by atoms with E-state index in [0.717, 1.165) is 23.9 Å². The minimum absolute atomic E-state index is 0.214. The summed E-state index contributed by atoms with van der Waals surface area (Å²) in [5.41, 5.74) is -0.755. The maximum absolute atomic E-state index is 12.6. The third-order valence-corrected chi connectivity index (χ3v) is 5.89. The molecule has 1 N–H and O–H groups in total. The molecule has 0 fully saturated rings. The Kier molecular flexibility index (Phi) is 6.13. The Morgan fingerprint density at radius 1 is 1.34 bits per heavy atom. The van der Waals surface area contributed by atoms with Crippen LogP contribution in [0.15, 0.2) is 58.3 Å². The fraction of sp³-hybridized carbons (Fsp3) is 0.211. The summed E-state index contributed by atoms with van der Waals surface area (Å²) in [4.78, 5) is 30.2. The van der Waals surface area contributed by atoms with Crippen LogP contribution in [0.25, 0.3) is 10.2 Å². The molecule has 5 nitrogen and oxygen atoms in total. The molecule has 10 heteroatoms. The molecule has 2 aromatic heterocycles. The van der Waals surface area contributed by atoms with Gasteiger partial charge in [-0.05, 0) is 42.6 Å². The third-order valence-electron chi connectivity index (χ3n) is 3.99. The average molecular weight is 439 g/mol. The lowest BCUT2D eigenvalue weighted by Gasteiger charge is -2.15. The lowest BCUT2D eigenvalue weighted by molar-refractivity contribution is -0.137. The predicted molar refractivity (Wildman–Crippen MR) is 109 cm³/mol. The van der Waals surface area contributed by atoms with Crippen molar-refractivity contribution in [2.75, 3.05) is 5.32 Å². The number of carbonyl (C=O) groups excluding carboxylic acids is 1. The van der Waals surface area contributed by atoms with Crippen LogP contribution in [0.4, 0.5) is 18.9 Å². The first-order valence-electron chi connectivity index (χ1n) is 8.44. The van der Waals surface area contributed by atoms with Crippen molar-refractivity contribution < 1.29 is 18.0 Å². The van der Waals surface area contributed by atoms with E-state index in [4.69, 9.17) is 0 Å². The van der Waals surface area contributed by atoms with Crippen molar-refractivity contribution in [2.24, 2.45) is 0 Å². The highest BCUT2D eigenvalue weighted by atomic mass is 32.2. The summed E-state index contributed by atoms with van der Waals surface area (Å²) in [7, 11) is 0. The molecule has 1 amide bonds. The molecule has 1 aromatic carbocycles. The van der Waals surface area contributed by atoms with Crippen LogP contribution in [-0.4, -0.2) is 20.7 Å². The van der Waals surface area contributed by atoms with Gasteiger partial charge in [0.1, 0.15) is 4.83 Å². The van der Waals surface area contributed by atoms with Gasteiger partial charge in [-0.2, -0.15) is 13.2 Å². The van der Waals surface area contributed by atoms with Gasteiger partial charge in [0.2, 0.25) is 5.91 Å². The number of thioether (sulfide) groups is 1. The van der Waals surface area contributed by atoms with Crippen LogP contribution in [-0.2, 0) is 17.5 Å². The summed E-state index contributed by atoms with van der Waals surface area (Å²) in [6.45, 7) is 5.52. The largest absolute Gasteiger partial charge is 0.416 e. The summed E-state index contributed by atoms with van der Waals surface area (Å²) in [5, 5.41) is 4.59. The number of benzene rings is 1. The van der Waals surface area contributed by atoms with E-state index in [0.29, 0.717) is 15.4 Å². The minimum atomic E-state index is -4.44. The normalized spacial score (nSPS) is 12.7. The zero-order valence-corrected chi connectivity index (χ0v) is 16.8. The quantitative estimate of drug-likeness (QED) is 0.341. The summed E-state index contributed by atoms with van der Waals surface area (Å²) >= 11 is 2.42. The van der Waals surface area contributed by atoms with Crippen LogP contribution in [0, 0.1) is 0 Å². The maximum atomic E-state index is 12.6. The van der Waals surface area contributed by atoms with Crippen LogP contribution in [0.5, 0.6) is 0 Å². The number of fused-ring (bicyclic) bond motifs is 1. The second-order valence-corrected chi connectivity index (χ2v) is 8.27. The van der Waals surface area contributed by atoms with Gasteiger partial charge in [0.25, 0.3) is 5.56 Å². The summed E-state index contributed by atoms with van der Waals surface area (Å²) in [6, 6.07) is 5.90. The van der Waals surface area contributed by atoms with Crippen molar-refractivity contribution in [3.8, 4) is 0 Å². The molecule has 1 unspecified atom stereocenters. The molecule has 152 valence electrons. The van der Waals surface area contributed by atoms with Gasteiger partial charge in [-0.25, -0.2) is 4.98 Å². The number of halogens is 3. The maximum Gasteiger partial charge on any atom is 0.416 e. The lowest BCUT2D eigenvalue weighted by atomic mass is 10.2. The number of rotatable bonds is 6. The lowest BCUT2D eigenvalue weighted by Crippen LogP contribution is -2.26. The third kappa shape index (κ3) is 4.70. The van der Waals surface area contributed by atoms with Crippen molar-refractivity contribution >= 4 is 44.9 Å². The monoisotopic (exact) mass is 439 g/mol. The highest BCUT2D eigenvalue weighted by molar-refractivity contribution is 8.00. The number of amides is 1. The van der Waals surface area contributed by atoms with Crippen molar-refractivity contribution in [3.05, 3.63) is 64.3 Å². The molecular formula is C19H16F3N3O2S2. The van der Waals surface area contributed by atoms with E-state index in [-0.39, 0.29) is 17.8 Å². The zero-order valence-electron chi connectivity index (χ0n) is 15.2. The van der Waals surface area contributed by atoms with Crippen LogP contribution >= 0.6 is 23.1 Å². The Bertz CT molecular complexity index is 1100. The summed E-state index contributed by atoms with van der Waals surface area (Å²) < 4.78 is 39.4. The van der Waals surface area contributed by atoms with Gasteiger partial charge in [-0.15, -0.1) is 17.9 Å². The number of anilines is 1. The van der Waals surface area contributed by atoms with E-state index in [1.54, 1.807) is 24.4 Å². The summed E-state index contributed by atoms with van der Waals surface area (Å²) in [6.07, 6.45) is -2.87. The molecule has 1 atom stereocenters. The SMILES string of the molecule is C=CCn1c(SC(C)C(=O)Nc2ccc(C(F)(F)F)cc2)nc2sccc2c1=O. The Labute approximate surface area is 172 Å². The molecule has 0 bridgehead atoms. The van der Waals surface area contributed by atoms with Gasteiger partial charge >= 0.3 is 6.18 Å². The molecule has 0 saturated heterocycles. The number of hydrogen-bond donors (Lipinski definition) is 1. The molecule has 29 heavy (non-hydrogen) atoms. The number of carbonyl (C=O) groups is 1. The highest BCUT2D eigenvalue weighted by Gasteiger charge is 2.30. The molecule has 2 heterocycles. The molecular weight excluding hydrogens is 423 g/mol. The van der Waals surface area contributed by atoms with E-state index in [2.05, 4.69) is 16.9 Å². The Morgan fingerprint density at radius 2 is 2.03 bits per heavy atom. The molecule has 3 rings (SSSR count).